The lowest BCUT2D eigenvalue weighted by molar-refractivity contribution is -0.644. The van der Waals surface area contributed by atoms with Gasteiger partial charge in [0.2, 0.25) is 5.52 Å². The standard InChI is InChI=1S/C13H11N2.C12H8N2.CH3I.HI/c1-15-9-3-5-11-7-6-10-4-2-8-14-12(10)13(11)15;1-3-9-5-6-10-4-2-8-14-12(10)11(9)13-7-1;1-2;/h2-9H,1H3;1-8H;1H3;1H/q+1;;;/p-1. The van der Waals surface area contributed by atoms with Gasteiger partial charge in [-0.1, -0.05) is 59.0 Å². The molecule has 0 saturated carbocycles. The number of alkyl halides is 1. The summed E-state index contributed by atoms with van der Waals surface area (Å²) in [4.78, 5) is 15.1. The van der Waals surface area contributed by atoms with Gasteiger partial charge in [0.25, 0.3) is 0 Å². The van der Waals surface area contributed by atoms with Gasteiger partial charge < -0.3 is 24.0 Å². The summed E-state index contributed by atoms with van der Waals surface area (Å²) in [5, 5.41) is 4.69. The van der Waals surface area contributed by atoms with Gasteiger partial charge in [0.15, 0.2) is 6.20 Å². The highest BCUT2D eigenvalue weighted by Gasteiger charge is 2.09. The summed E-state index contributed by atoms with van der Waals surface area (Å²) in [5.41, 5.74) is 4.21. The minimum atomic E-state index is 0. The topological polar surface area (TPSA) is 42.5 Å². The zero-order valence-corrected chi connectivity index (χ0v) is 22.1. The quantitative estimate of drug-likeness (QED) is 0.111. The number of rotatable bonds is 0. The Morgan fingerprint density at radius 1 is 0.562 bits per heavy atom. The van der Waals surface area contributed by atoms with E-state index < -0.39 is 0 Å². The first-order chi connectivity index (χ1) is 15.3. The molecule has 0 unspecified atom stereocenters. The average Bonchev–Trinajstić information content (AvgIpc) is 2.85. The summed E-state index contributed by atoms with van der Waals surface area (Å²) in [6, 6.07) is 24.6. The Morgan fingerprint density at radius 3 is 1.50 bits per heavy atom. The van der Waals surface area contributed by atoms with Crippen molar-refractivity contribution in [3.8, 4) is 0 Å². The van der Waals surface area contributed by atoms with Crippen molar-refractivity contribution in [3.05, 3.63) is 97.6 Å². The second-order valence-corrected chi connectivity index (χ2v) is 6.91. The van der Waals surface area contributed by atoms with Gasteiger partial charge in [-0.25, -0.2) is 4.98 Å². The van der Waals surface area contributed by atoms with Crippen molar-refractivity contribution in [1.29, 1.82) is 0 Å². The summed E-state index contributed by atoms with van der Waals surface area (Å²) in [6.45, 7) is 0. The number of benzene rings is 2. The fourth-order valence-corrected chi connectivity index (χ4v) is 3.68. The Labute approximate surface area is 217 Å². The lowest BCUT2D eigenvalue weighted by Gasteiger charge is -2.00. The van der Waals surface area contributed by atoms with Gasteiger partial charge in [-0.3, -0.25) is 9.97 Å². The Balaban J connectivity index is 0.000000163. The van der Waals surface area contributed by atoms with Crippen LogP contribution in [0.2, 0.25) is 0 Å². The molecule has 0 atom stereocenters. The third-order valence-corrected chi connectivity index (χ3v) is 5.06. The Morgan fingerprint density at radius 2 is 0.969 bits per heavy atom. The molecule has 0 aliphatic carbocycles. The lowest BCUT2D eigenvalue weighted by Crippen LogP contribution is -3.00. The molecule has 0 amide bonds. The fourth-order valence-electron chi connectivity index (χ4n) is 3.68. The number of nitrogens with zero attached hydrogens (tertiary/aromatic N) is 4. The van der Waals surface area contributed by atoms with Crippen LogP contribution in [0.15, 0.2) is 97.6 Å². The third kappa shape index (κ3) is 4.96. The maximum absolute atomic E-state index is 4.45. The zero-order chi connectivity index (χ0) is 21.6. The number of fused-ring (bicyclic) bond motifs is 6. The van der Waals surface area contributed by atoms with Gasteiger partial charge >= 0.3 is 0 Å². The fraction of sp³-hybridized carbons (Fsp3) is 0.0769. The van der Waals surface area contributed by atoms with E-state index in [1.807, 2.05) is 29.3 Å². The molecule has 2 aromatic carbocycles. The van der Waals surface area contributed by atoms with Gasteiger partial charge in [0, 0.05) is 46.2 Å². The minimum Gasteiger partial charge on any atom is -1.00 e. The van der Waals surface area contributed by atoms with Gasteiger partial charge in [0.1, 0.15) is 12.6 Å². The van der Waals surface area contributed by atoms with E-state index in [4.69, 9.17) is 0 Å². The van der Waals surface area contributed by atoms with Crippen LogP contribution in [-0.2, 0) is 7.05 Å². The molecule has 0 bridgehead atoms. The van der Waals surface area contributed by atoms with Crippen LogP contribution in [0, 0.1) is 0 Å². The molecule has 6 rings (SSSR count). The van der Waals surface area contributed by atoms with Crippen LogP contribution in [0.4, 0.5) is 0 Å². The van der Waals surface area contributed by atoms with E-state index in [0.29, 0.717) is 0 Å². The van der Waals surface area contributed by atoms with Crippen LogP contribution in [-0.4, -0.2) is 19.9 Å². The van der Waals surface area contributed by atoms with E-state index in [1.54, 1.807) is 12.4 Å². The van der Waals surface area contributed by atoms with Crippen LogP contribution < -0.4 is 28.5 Å². The highest BCUT2D eigenvalue weighted by atomic mass is 127. The normalized spacial score (nSPS) is 10.1. The first kappa shape index (κ1) is 24.2. The Bertz CT molecular complexity index is 1430. The van der Waals surface area contributed by atoms with E-state index in [1.165, 1.54) is 16.3 Å². The van der Waals surface area contributed by atoms with E-state index in [0.717, 1.165) is 27.3 Å². The molecule has 0 fully saturated rings. The highest BCUT2D eigenvalue weighted by Crippen LogP contribution is 2.21. The predicted molar refractivity (Wildman–Crippen MR) is 137 cm³/mol. The number of pyridine rings is 4. The monoisotopic (exact) mass is 644 g/mol. The van der Waals surface area contributed by atoms with E-state index in [2.05, 4.69) is 110 Å². The number of halogens is 2. The summed E-state index contributed by atoms with van der Waals surface area (Å²) in [5.74, 6) is 0. The van der Waals surface area contributed by atoms with Crippen LogP contribution in [0.1, 0.15) is 0 Å². The first-order valence-electron chi connectivity index (χ1n) is 9.90. The molecule has 6 heteroatoms. The molecule has 0 aliphatic rings. The van der Waals surface area contributed by atoms with Crippen molar-refractivity contribution in [2.45, 2.75) is 0 Å². The van der Waals surface area contributed by atoms with E-state index in [9.17, 15) is 0 Å². The first-order valence-corrected chi connectivity index (χ1v) is 12.1. The largest absolute Gasteiger partial charge is 1.00 e. The molecule has 32 heavy (non-hydrogen) atoms. The predicted octanol–water partition coefficient (Wildman–Crippen LogP) is 3.05. The third-order valence-electron chi connectivity index (χ3n) is 5.06. The van der Waals surface area contributed by atoms with Crippen molar-refractivity contribution >= 4 is 66.2 Å². The van der Waals surface area contributed by atoms with Crippen molar-refractivity contribution in [3.63, 3.8) is 0 Å². The van der Waals surface area contributed by atoms with Crippen LogP contribution >= 0.6 is 22.6 Å². The van der Waals surface area contributed by atoms with Crippen molar-refractivity contribution < 1.29 is 28.5 Å². The number of hydrogen-bond donors (Lipinski definition) is 0. The molecule has 0 N–H and O–H groups in total. The second kappa shape index (κ2) is 11.4. The number of aromatic nitrogens is 4. The molecule has 0 radical (unpaired) electrons. The van der Waals surface area contributed by atoms with E-state index in [-0.39, 0.29) is 24.0 Å². The van der Waals surface area contributed by atoms with Gasteiger partial charge in [0.05, 0.1) is 11.0 Å². The van der Waals surface area contributed by atoms with Crippen molar-refractivity contribution in [2.75, 3.05) is 4.93 Å². The highest BCUT2D eigenvalue weighted by molar-refractivity contribution is 14.1. The average molecular weight is 644 g/mol. The molecule has 6 aromatic rings. The van der Waals surface area contributed by atoms with Crippen LogP contribution in [0.5, 0.6) is 0 Å². The molecular weight excluding hydrogens is 622 g/mol. The van der Waals surface area contributed by atoms with Crippen molar-refractivity contribution in [1.82, 2.24) is 15.0 Å². The van der Waals surface area contributed by atoms with Crippen LogP contribution in [0.3, 0.4) is 0 Å². The maximum Gasteiger partial charge on any atom is 0.238 e. The number of aryl methyl sites for hydroxylation is 1. The molecule has 4 aromatic heterocycles. The molecule has 0 aliphatic heterocycles. The zero-order valence-electron chi connectivity index (χ0n) is 17.8. The van der Waals surface area contributed by atoms with Crippen LogP contribution in [0.25, 0.3) is 43.6 Å². The van der Waals surface area contributed by atoms with E-state index >= 15 is 0 Å². The summed E-state index contributed by atoms with van der Waals surface area (Å²) in [7, 11) is 2.05. The van der Waals surface area contributed by atoms with Gasteiger partial charge in [-0.05, 0) is 35.3 Å². The minimum absolute atomic E-state index is 0. The molecule has 4 nitrogen and oxygen atoms in total. The molecule has 160 valence electrons. The smallest absolute Gasteiger partial charge is 0.238 e. The number of hydrogen-bond acceptors (Lipinski definition) is 3. The summed E-state index contributed by atoms with van der Waals surface area (Å²) < 4.78 is 2.12. The SMILES string of the molecule is CI.C[n+]1cccc2ccc3cccnc3c21.[I-].c1cnc2c(c1)ccc1cccnc12. The molecular formula is C26H22I2N4. The lowest BCUT2D eigenvalue weighted by atomic mass is 10.1. The molecule has 4 heterocycles. The Hall–Kier alpha value is -2.46. The maximum atomic E-state index is 4.45. The summed E-state index contributed by atoms with van der Waals surface area (Å²) in [6.07, 6.45) is 7.50. The van der Waals surface area contributed by atoms with Gasteiger partial charge in [-0.15, -0.1) is 0 Å². The Kier molecular flexibility index (Phi) is 8.63. The van der Waals surface area contributed by atoms with Gasteiger partial charge in [-0.2, -0.15) is 4.57 Å². The van der Waals surface area contributed by atoms with Crippen molar-refractivity contribution in [2.24, 2.45) is 7.05 Å². The summed E-state index contributed by atoms with van der Waals surface area (Å²) >= 11 is 2.15. The molecule has 0 spiro atoms. The molecule has 0 saturated heterocycles. The second-order valence-electron chi connectivity index (χ2n) is 6.91.